The highest BCUT2D eigenvalue weighted by Gasteiger charge is 2.26. The van der Waals surface area contributed by atoms with Crippen LogP contribution >= 0.6 is 0 Å². The zero-order valence-electron chi connectivity index (χ0n) is 12.2. The van der Waals surface area contributed by atoms with Gasteiger partial charge in [0.25, 0.3) is 0 Å². The molecule has 1 aliphatic rings. The molecule has 0 aliphatic heterocycles. The Kier molecular flexibility index (Phi) is 4.15. The van der Waals surface area contributed by atoms with Crippen molar-refractivity contribution < 1.29 is 5.11 Å². The first-order chi connectivity index (χ1) is 10.3. The summed E-state index contributed by atoms with van der Waals surface area (Å²) in [5, 5.41) is 25.3. The quantitative estimate of drug-likeness (QED) is 0.879. The van der Waals surface area contributed by atoms with Gasteiger partial charge in [-0.3, -0.25) is 0 Å². The predicted octanol–water partition coefficient (Wildman–Crippen LogP) is 1.93. The van der Waals surface area contributed by atoms with Crippen LogP contribution in [0.3, 0.4) is 0 Å². The lowest BCUT2D eigenvalue weighted by molar-refractivity contribution is 0.254. The molecule has 21 heavy (non-hydrogen) atoms. The van der Waals surface area contributed by atoms with Crippen LogP contribution in [0.2, 0.25) is 0 Å². The zero-order valence-corrected chi connectivity index (χ0v) is 12.2. The van der Waals surface area contributed by atoms with Crippen LogP contribution in [-0.2, 0) is 0 Å². The van der Waals surface area contributed by atoms with Gasteiger partial charge < -0.3 is 10.4 Å². The van der Waals surface area contributed by atoms with Gasteiger partial charge >= 0.3 is 0 Å². The number of hydrogen-bond acceptors (Lipinski definition) is 5. The lowest BCUT2D eigenvalue weighted by Crippen LogP contribution is -2.25. The molecule has 6 heteroatoms. The van der Waals surface area contributed by atoms with E-state index in [1.165, 1.54) is 12.8 Å². The van der Waals surface area contributed by atoms with Crippen LogP contribution in [0.1, 0.15) is 31.4 Å². The number of aryl methyl sites for hydroxylation is 1. The maximum Gasteiger partial charge on any atom is 0.175 e. The number of anilines is 1. The van der Waals surface area contributed by atoms with Crippen molar-refractivity contribution in [3.8, 4) is 5.82 Å². The van der Waals surface area contributed by atoms with Crippen LogP contribution in [0.25, 0.3) is 5.82 Å². The molecular formula is C15H21N5O. The van der Waals surface area contributed by atoms with Crippen molar-refractivity contribution in [2.75, 3.05) is 11.9 Å². The summed E-state index contributed by atoms with van der Waals surface area (Å²) in [4.78, 5) is 0. The van der Waals surface area contributed by atoms with Gasteiger partial charge in [0.15, 0.2) is 5.82 Å². The summed E-state index contributed by atoms with van der Waals surface area (Å²) in [5.74, 6) is 2.04. The minimum absolute atomic E-state index is 0.256. The topological polar surface area (TPSA) is 75.9 Å². The summed E-state index contributed by atoms with van der Waals surface area (Å²) in [5.41, 5.74) is 0.955. The Morgan fingerprint density at radius 3 is 2.86 bits per heavy atom. The lowest BCUT2D eigenvalue weighted by atomic mass is 10.0. The number of nitrogens with zero attached hydrogens (tertiary/aromatic N) is 4. The van der Waals surface area contributed by atoms with Gasteiger partial charge in [0.2, 0.25) is 0 Å². The van der Waals surface area contributed by atoms with Crippen molar-refractivity contribution in [1.29, 1.82) is 0 Å². The van der Waals surface area contributed by atoms with Crippen molar-refractivity contribution in [1.82, 2.24) is 20.0 Å². The molecule has 0 spiro atoms. The van der Waals surface area contributed by atoms with Crippen LogP contribution < -0.4 is 5.32 Å². The number of hydrogen-bond donors (Lipinski definition) is 2. The fourth-order valence-electron chi connectivity index (χ4n) is 3.00. The highest BCUT2D eigenvalue weighted by atomic mass is 16.3. The normalized spacial score (nSPS) is 21.6. The van der Waals surface area contributed by atoms with E-state index in [9.17, 15) is 0 Å². The largest absolute Gasteiger partial charge is 0.396 e. The average molecular weight is 287 g/mol. The third-order valence-electron chi connectivity index (χ3n) is 4.10. The zero-order chi connectivity index (χ0) is 14.7. The number of nitrogens with one attached hydrogen (secondary N) is 1. The van der Waals surface area contributed by atoms with Crippen LogP contribution in [0.4, 0.5) is 5.82 Å². The second kappa shape index (κ2) is 6.22. The summed E-state index contributed by atoms with van der Waals surface area (Å²) >= 11 is 0. The molecule has 2 aromatic heterocycles. The first-order valence-electron chi connectivity index (χ1n) is 7.50. The maximum atomic E-state index is 9.11. The molecule has 0 amide bonds. The molecule has 2 unspecified atom stereocenters. The van der Waals surface area contributed by atoms with E-state index < -0.39 is 0 Å². The SMILES string of the molecule is Cc1ccn(-c2ccc(NC3CCCC3CCO)nn2)n1. The summed E-state index contributed by atoms with van der Waals surface area (Å²) in [6, 6.07) is 6.18. The molecular weight excluding hydrogens is 266 g/mol. The number of rotatable bonds is 5. The number of aliphatic hydroxyl groups excluding tert-OH is 1. The van der Waals surface area contributed by atoms with E-state index in [0.29, 0.717) is 17.8 Å². The fraction of sp³-hybridized carbons (Fsp3) is 0.533. The summed E-state index contributed by atoms with van der Waals surface area (Å²) in [7, 11) is 0. The Morgan fingerprint density at radius 2 is 2.19 bits per heavy atom. The Balaban J connectivity index is 1.67. The fourth-order valence-corrected chi connectivity index (χ4v) is 3.00. The first-order valence-corrected chi connectivity index (χ1v) is 7.50. The number of aromatic nitrogens is 4. The van der Waals surface area contributed by atoms with Crippen molar-refractivity contribution in [3.63, 3.8) is 0 Å². The summed E-state index contributed by atoms with van der Waals surface area (Å²) < 4.78 is 1.72. The first kappa shape index (κ1) is 14.0. The van der Waals surface area contributed by atoms with E-state index >= 15 is 0 Å². The minimum atomic E-state index is 0.256. The van der Waals surface area contributed by atoms with Crippen molar-refractivity contribution in [3.05, 3.63) is 30.1 Å². The summed E-state index contributed by atoms with van der Waals surface area (Å²) in [6.45, 7) is 2.20. The van der Waals surface area contributed by atoms with Crippen LogP contribution in [0, 0.1) is 12.8 Å². The Bertz CT molecular complexity index is 580. The number of aliphatic hydroxyl groups is 1. The van der Waals surface area contributed by atoms with E-state index in [1.807, 2.05) is 31.3 Å². The molecule has 0 aromatic carbocycles. The molecule has 2 heterocycles. The average Bonchev–Trinajstić information content (AvgIpc) is 3.10. The molecule has 2 atom stereocenters. The highest BCUT2D eigenvalue weighted by molar-refractivity contribution is 5.37. The van der Waals surface area contributed by atoms with Gasteiger partial charge in [-0.2, -0.15) is 5.10 Å². The molecule has 2 aromatic rings. The molecule has 2 N–H and O–H groups in total. The second-order valence-electron chi connectivity index (χ2n) is 5.63. The van der Waals surface area contributed by atoms with Crippen LogP contribution in [0.5, 0.6) is 0 Å². The smallest absolute Gasteiger partial charge is 0.175 e. The van der Waals surface area contributed by atoms with E-state index in [2.05, 4.69) is 20.6 Å². The molecule has 1 aliphatic carbocycles. The molecule has 1 fully saturated rings. The molecule has 6 nitrogen and oxygen atoms in total. The molecule has 1 saturated carbocycles. The van der Waals surface area contributed by atoms with Gasteiger partial charge in [-0.25, -0.2) is 4.68 Å². The van der Waals surface area contributed by atoms with Gasteiger partial charge in [0.05, 0.1) is 5.69 Å². The van der Waals surface area contributed by atoms with E-state index in [4.69, 9.17) is 5.11 Å². The molecule has 112 valence electrons. The van der Waals surface area contributed by atoms with Gasteiger partial charge in [-0.05, 0) is 50.3 Å². The van der Waals surface area contributed by atoms with Crippen LogP contribution in [0.15, 0.2) is 24.4 Å². The van der Waals surface area contributed by atoms with E-state index in [0.717, 1.165) is 24.4 Å². The van der Waals surface area contributed by atoms with E-state index in [-0.39, 0.29) is 6.61 Å². The highest BCUT2D eigenvalue weighted by Crippen LogP contribution is 2.30. The third-order valence-corrected chi connectivity index (χ3v) is 4.10. The van der Waals surface area contributed by atoms with Gasteiger partial charge in [0, 0.05) is 18.8 Å². The minimum Gasteiger partial charge on any atom is -0.396 e. The molecule has 3 rings (SSSR count). The van der Waals surface area contributed by atoms with Crippen LogP contribution in [-0.4, -0.2) is 37.7 Å². The summed E-state index contributed by atoms with van der Waals surface area (Å²) in [6.07, 6.45) is 6.25. The van der Waals surface area contributed by atoms with Gasteiger partial charge in [0.1, 0.15) is 5.82 Å². The Hall–Kier alpha value is -1.95. The van der Waals surface area contributed by atoms with Crippen molar-refractivity contribution in [2.24, 2.45) is 5.92 Å². The van der Waals surface area contributed by atoms with Gasteiger partial charge in [-0.1, -0.05) is 6.42 Å². The lowest BCUT2D eigenvalue weighted by Gasteiger charge is -2.20. The molecule has 0 bridgehead atoms. The monoisotopic (exact) mass is 287 g/mol. The standard InChI is InChI=1S/C15H21N5O/c1-11-7-9-20(19-11)15-6-5-14(17-18-15)16-13-4-2-3-12(13)8-10-21/h5-7,9,12-13,21H,2-4,8,10H2,1H3,(H,16,17). The van der Waals surface area contributed by atoms with Crippen molar-refractivity contribution >= 4 is 5.82 Å². The molecule has 0 radical (unpaired) electrons. The van der Waals surface area contributed by atoms with Gasteiger partial charge in [-0.15, -0.1) is 10.2 Å². The van der Waals surface area contributed by atoms with E-state index in [1.54, 1.807) is 4.68 Å². The predicted molar refractivity (Wildman–Crippen MR) is 80.3 cm³/mol. The maximum absolute atomic E-state index is 9.11. The second-order valence-corrected chi connectivity index (χ2v) is 5.63. The third kappa shape index (κ3) is 3.21. The van der Waals surface area contributed by atoms with Crippen molar-refractivity contribution in [2.45, 2.75) is 38.6 Å². The Morgan fingerprint density at radius 1 is 1.29 bits per heavy atom. The Labute approximate surface area is 124 Å². The molecule has 0 saturated heterocycles.